The SMILES string of the molecule is CCc1c(-c2ccccc2)ccc(NC2CCC(O)CC2)c1C(N)=O. The molecule has 2 aromatic rings. The Hall–Kier alpha value is -2.33. The molecular formula is C21H26N2O2. The van der Waals surface area contributed by atoms with Gasteiger partial charge in [-0.1, -0.05) is 43.3 Å². The van der Waals surface area contributed by atoms with E-state index in [1.54, 1.807) is 0 Å². The van der Waals surface area contributed by atoms with Crippen LogP contribution >= 0.6 is 0 Å². The van der Waals surface area contributed by atoms with Crippen LogP contribution in [0.5, 0.6) is 0 Å². The van der Waals surface area contributed by atoms with Crippen molar-refractivity contribution in [2.24, 2.45) is 5.73 Å². The molecule has 1 amide bonds. The summed E-state index contributed by atoms with van der Waals surface area (Å²) in [4.78, 5) is 12.2. The quantitative estimate of drug-likeness (QED) is 0.777. The third-order valence-electron chi connectivity index (χ3n) is 5.05. The topological polar surface area (TPSA) is 75.3 Å². The molecule has 0 bridgehead atoms. The number of nitrogens with one attached hydrogen (secondary N) is 1. The van der Waals surface area contributed by atoms with Crippen LogP contribution in [0, 0.1) is 0 Å². The minimum atomic E-state index is -0.395. The van der Waals surface area contributed by atoms with Crippen LogP contribution in [0.2, 0.25) is 0 Å². The van der Waals surface area contributed by atoms with E-state index in [0.717, 1.165) is 54.5 Å². The van der Waals surface area contributed by atoms with Gasteiger partial charge in [-0.2, -0.15) is 0 Å². The normalized spacial score (nSPS) is 20.2. The van der Waals surface area contributed by atoms with Gasteiger partial charge in [0.15, 0.2) is 0 Å². The monoisotopic (exact) mass is 338 g/mol. The lowest BCUT2D eigenvalue weighted by molar-refractivity contribution is 0.0999. The molecule has 4 nitrogen and oxygen atoms in total. The van der Waals surface area contributed by atoms with E-state index >= 15 is 0 Å². The highest BCUT2D eigenvalue weighted by atomic mass is 16.3. The van der Waals surface area contributed by atoms with Gasteiger partial charge in [-0.15, -0.1) is 0 Å². The van der Waals surface area contributed by atoms with E-state index in [0.29, 0.717) is 5.56 Å². The highest BCUT2D eigenvalue weighted by molar-refractivity contribution is 6.02. The van der Waals surface area contributed by atoms with Crippen molar-refractivity contribution in [3.8, 4) is 11.1 Å². The molecule has 1 saturated carbocycles. The summed E-state index contributed by atoms with van der Waals surface area (Å²) in [6, 6.07) is 14.4. The molecule has 2 aromatic carbocycles. The Bertz CT molecular complexity index is 735. The third kappa shape index (κ3) is 3.85. The van der Waals surface area contributed by atoms with Gasteiger partial charge in [-0.05, 0) is 54.9 Å². The van der Waals surface area contributed by atoms with Gasteiger partial charge in [0, 0.05) is 11.7 Å². The molecule has 0 atom stereocenters. The van der Waals surface area contributed by atoms with E-state index in [9.17, 15) is 9.90 Å². The van der Waals surface area contributed by atoms with Crippen LogP contribution in [0.1, 0.15) is 48.5 Å². The molecule has 0 spiro atoms. The fourth-order valence-electron chi connectivity index (χ4n) is 3.75. The Kier molecular flexibility index (Phi) is 5.39. The van der Waals surface area contributed by atoms with Crippen molar-refractivity contribution >= 4 is 11.6 Å². The van der Waals surface area contributed by atoms with Crippen molar-refractivity contribution in [3.63, 3.8) is 0 Å². The largest absolute Gasteiger partial charge is 0.393 e. The second-order valence-corrected chi connectivity index (χ2v) is 6.75. The summed E-state index contributed by atoms with van der Waals surface area (Å²) >= 11 is 0. The number of benzene rings is 2. The number of aliphatic hydroxyl groups is 1. The maximum atomic E-state index is 12.2. The maximum Gasteiger partial charge on any atom is 0.251 e. The minimum Gasteiger partial charge on any atom is -0.393 e. The molecule has 1 aliphatic rings. The first-order valence-corrected chi connectivity index (χ1v) is 9.05. The summed E-state index contributed by atoms with van der Waals surface area (Å²) in [7, 11) is 0. The molecular weight excluding hydrogens is 312 g/mol. The van der Waals surface area contributed by atoms with Gasteiger partial charge < -0.3 is 16.2 Å². The minimum absolute atomic E-state index is 0.194. The van der Waals surface area contributed by atoms with Crippen LogP contribution in [0.25, 0.3) is 11.1 Å². The van der Waals surface area contributed by atoms with E-state index in [1.165, 1.54) is 0 Å². The Morgan fingerprint density at radius 1 is 1.12 bits per heavy atom. The lowest BCUT2D eigenvalue weighted by Crippen LogP contribution is -2.29. The van der Waals surface area contributed by atoms with Crippen molar-refractivity contribution < 1.29 is 9.90 Å². The molecule has 0 aliphatic heterocycles. The first-order valence-electron chi connectivity index (χ1n) is 9.05. The third-order valence-corrected chi connectivity index (χ3v) is 5.05. The summed E-state index contributed by atoms with van der Waals surface area (Å²) < 4.78 is 0. The average molecular weight is 338 g/mol. The molecule has 3 rings (SSSR count). The van der Waals surface area contributed by atoms with Gasteiger partial charge in [0.05, 0.1) is 11.7 Å². The zero-order valence-corrected chi connectivity index (χ0v) is 14.7. The van der Waals surface area contributed by atoms with Gasteiger partial charge in [0.2, 0.25) is 0 Å². The molecule has 4 heteroatoms. The van der Waals surface area contributed by atoms with Crippen molar-refractivity contribution in [1.82, 2.24) is 0 Å². The number of hydrogen-bond acceptors (Lipinski definition) is 3. The number of amides is 1. The maximum absolute atomic E-state index is 12.2. The molecule has 132 valence electrons. The predicted octanol–water partition coefficient (Wildman–Crippen LogP) is 3.73. The summed E-state index contributed by atoms with van der Waals surface area (Å²) in [5.41, 5.74) is 10.3. The van der Waals surface area contributed by atoms with E-state index in [2.05, 4.69) is 30.4 Å². The van der Waals surface area contributed by atoms with E-state index in [1.807, 2.05) is 24.3 Å². The van der Waals surface area contributed by atoms with Gasteiger partial charge in [0.25, 0.3) is 5.91 Å². The summed E-state index contributed by atoms with van der Waals surface area (Å²) in [6.07, 6.45) is 3.95. The van der Waals surface area contributed by atoms with Crippen molar-refractivity contribution in [3.05, 3.63) is 53.6 Å². The number of carbonyl (C=O) groups excluding carboxylic acids is 1. The highest BCUT2D eigenvalue weighted by Gasteiger charge is 2.23. The van der Waals surface area contributed by atoms with Gasteiger partial charge in [0.1, 0.15) is 0 Å². The molecule has 25 heavy (non-hydrogen) atoms. The smallest absolute Gasteiger partial charge is 0.251 e. The molecule has 0 aromatic heterocycles. The highest BCUT2D eigenvalue weighted by Crippen LogP contribution is 2.33. The van der Waals surface area contributed by atoms with E-state index in [4.69, 9.17) is 5.73 Å². The van der Waals surface area contributed by atoms with Crippen LogP contribution in [-0.4, -0.2) is 23.2 Å². The number of primary amides is 1. The van der Waals surface area contributed by atoms with Crippen LogP contribution < -0.4 is 11.1 Å². The second kappa shape index (κ2) is 7.70. The zero-order chi connectivity index (χ0) is 17.8. The first kappa shape index (κ1) is 17.5. The Labute approximate surface area is 149 Å². The van der Waals surface area contributed by atoms with Crippen LogP contribution in [0.3, 0.4) is 0 Å². The number of rotatable bonds is 5. The predicted molar refractivity (Wildman–Crippen MR) is 102 cm³/mol. The van der Waals surface area contributed by atoms with Gasteiger partial charge in [-0.3, -0.25) is 4.79 Å². The molecule has 1 fully saturated rings. The standard InChI is InChI=1S/C21H26N2O2/c1-2-17-18(14-6-4-3-5-7-14)12-13-19(20(17)21(22)25)23-15-8-10-16(24)11-9-15/h3-7,12-13,15-16,23-24H,2,8-11H2,1H3,(H2,22,25). The zero-order valence-electron chi connectivity index (χ0n) is 14.7. The Balaban J connectivity index is 1.98. The first-order chi connectivity index (χ1) is 12.1. The number of hydrogen-bond donors (Lipinski definition) is 3. The molecule has 0 heterocycles. The van der Waals surface area contributed by atoms with E-state index < -0.39 is 5.91 Å². The summed E-state index contributed by atoms with van der Waals surface area (Å²) in [6.45, 7) is 2.05. The Morgan fingerprint density at radius 3 is 2.40 bits per heavy atom. The van der Waals surface area contributed by atoms with E-state index in [-0.39, 0.29) is 12.1 Å². The fraction of sp³-hybridized carbons (Fsp3) is 0.381. The van der Waals surface area contributed by atoms with Crippen LogP contribution in [0.15, 0.2) is 42.5 Å². The van der Waals surface area contributed by atoms with Gasteiger partial charge >= 0.3 is 0 Å². The Morgan fingerprint density at radius 2 is 1.80 bits per heavy atom. The van der Waals surface area contributed by atoms with Crippen molar-refractivity contribution in [2.45, 2.75) is 51.2 Å². The fourth-order valence-corrected chi connectivity index (χ4v) is 3.75. The molecule has 0 saturated heterocycles. The van der Waals surface area contributed by atoms with Gasteiger partial charge in [-0.25, -0.2) is 0 Å². The number of carbonyl (C=O) groups is 1. The lowest BCUT2D eigenvalue weighted by Gasteiger charge is -2.28. The molecule has 0 radical (unpaired) electrons. The molecule has 1 aliphatic carbocycles. The second-order valence-electron chi connectivity index (χ2n) is 6.75. The molecule has 4 N–H and O–H groups in total. The lowest BCUT2D eigenvalue weighted by atomic mass is 9.90. The van der Waals surface area contributed by atoms with Crippen LogP contribution in [-0.2, 0) is 6.42 Å². The summed E-state index contributed by atoms with van der Waals surface area (Å²) in [5.74, 6) is -0.395. The molecule has 0 unspecified atom stereocenters. The number of aliphatic hydroxyl groups excluding tert-OH is 1. The van der Waals surface area contributed by atoms with Crippen molar-refractivity contribution in [2.75, 3.05) is 5.32 Å². The number of anilines is 1. The summed E-state index contributed by atoms with van der Waals surface area (Å²) in [5, 5.41) is 13.2. The van der Waals surface area contributed by atoms with Crippen molar-refractivity contribution in [1.29, 1.82) is 0 Å². The average Bonchev–Trinajstić information content (AvgIpc) is 2.63. The van der Waals surface area contributed by atoms with Crippen LogP contribution in [0.4, 0.5) is 5.69 Å². The number of nitrogens with two attached hydrogens (primary N) is 1.